The fraction of sp³-hybridized carbons (Fsp3) is 0.222. The van der Waals surface area contributed by atoms with Gasteiger partial charge in [-0.25, -0.2) is 9.97 Å². The van der Waals surface area contributed by atoms with Crippen molar-refractivity contribution in [2.75, 3.05) is 6.54 Å². The van der Waals surface area contributed by atoms with E-state index >= 15 is 0 Å². The lowest BCUT2D eigenvalue weighted by atomic mass is 10.4. The van der Waals surface area contributed by atoms with E-state index < -0.39 is 0 Å². The van der Waals surface area contributed by atoms with Gasteiger partial charge in [-0.15, -0.1) is 0 Å². The summed E-state index contributed by atoms with van der Waals surface area (Å²) >= 11 is 0. The van der Waals surface area contributed by atoms with Crippen LogP contribution in [-0.4, -0.2) is 22.4 Å². The molecule has 0 bridgehead atoms. The van der Waals surface area contributed by atoms with Crippen LogP contribution in [0.4, 0.5) is 0 Å². The SMILES string of the molecule is C/C=C/CNC(=O)c1ncccn1. The van der Waals surface area contributed by atoms with Crippen LogP contribution in [0, 0.1) is 0 Å². The zero-order chi connectivity index (χ0) is 9.52. The number of hydrogen-bond acceptors (Lipinski definition) is 3. The zero-order valence-corrected chi connectivity index (χ0v) is 7.40. The Balaban J connectivity index is 2.49. The normalized spacial score (nSPS) is 10.2. The van der Waals surface area contributed by atoms with Gasteiger partial charge < -0.3 is 5.32 Å². The van der Waals surface area contributed by atoms with Gasteiger partial charge in [0.15, 0.2) is 0 Å². The molecule has 1 rings (SSSR count). The first-order valence-electron chi connectivity index (χ1n) is 4.01. The number of amides is 1. The molecule has 0 radical (unpaired) electrons. The minimum absolute atomic E-state index is 0.201. The molecule has 0 aliphatic heterocycles. The van der Waals surface area contributed by atoms with Crippen molar-refractivity contribution in [3.63, 3.8) is 0 Å². The number of hydrogen-bond donors (Lipinski definition) is 1. The molecule has 0 aliphatic rings. The fourth-order valence-corrected chi connectivity index (χ4v) is 0.765. The van der Waals surface area contributed by atoms with Crippen LogP contribution in [0.1, 0.15) is 17.5 Å². The average molecular weight is 177 g/mol. The highest BCUT2D eigenvalue weighted by Crippen LogP contribution is 1.86. The first kappa shape index (κ1) is 9.38. The summed E-state index contributed by atoms with van der Waals surface area (Å²) in [5, 5.41) is 2.65. The van der Waals surface area contributed by atoms with E-state index in [1.807, 2.05) is 19.1 Å². The Hall–Kier alpha value is -1.71. The van der Waals surface area contributed by atoms with E-state index in [1.165, 1.54) is 12.4 Å². The maximum Gasteiger partial charge on any atom is 0.289 e. The van der Waals surface area contributed by atoms with Crippen molar-refractivity contribution in [2.24, 2.45) is 0 Å². The topological polar surface area (TPSA) is 54.9 Å². The maximum absolute atomic E-state index is 11.2. The van der Waals surface area contributed by atoms with E-state index in [-0.39, 0.29) is 11.7 Å². The van der Waals surface area contributed by atoms with Crippen molar-refractivity contribution in [3.8, 4) is 0 Å². The maximum atomic E-state index is 11.2. The van der Waals surface area contributed by atoms with Crippen molar-refractivity contribution < 1.29 is 4.79 Å². The van der Waals surface area contributed by atoms with Gasteiger partial charge in [0.05, 0.1) is 0 Å². The van der Waals surface area contributed by atoms with E-state index in [9.17, 15) is 4.79 Å². The van der Waals surface area contributed by atoms with Crippen molar-refractivity contribution in [2.45, 2.75) is 6.92 Å². The minimum Gasteiger partial charge on any atom is -0.346 e. The van der Waals surface area contributed by atoms with Crippen LogP contribution in [-0.2, 0) is 0 Å². The number of nitrogens with one attached hydrogen (secondary N) is 1. The number of allylic oxidation sites excluding steroid dienone is 1. The van der Waals surface area contributed by atoms with Gasteiger partial charge >= 0.3 is 0 Å². The molecule has 0 fully saturated rings. The van der Waals surface area contributed by atoms with Gasteiger partial charge in [-0.05, 0) is 13.0 Å². The molecule has 68 valence electrons. The molecule has 0 spiro atoms. The van der Waals surface area contributed by atoms with Crippen molar-refractivity contribution in [1.29, 1.82) is 0 Å². The van der Waals surface area contributed by atoms with Gasteiger partial charge in [0.25, 0.3) is 5.91 Å². The van der Waals surface area contributed by atoms with Crippen LogP contribution in [0.25, 0.3) is 0 Å². The molecule has 0 saturated heterocycles. The Morgan fingerprint density at radius 3 is 2.85 bits per heavy atom. The van der Waals surface area contributed by atoms with Crippen molar-refractivity contribution in [3.05, 3.63) is 36.4 Å². The molecule has 1 aromatic rings. The van der Waals surface area contributed by atoms with Gasteiger partial charge in [-0.2, -0.15) is 0 Å². The van der Waals surface area contributed by atoms with E-state index in [2.05, 4.69) is 15.3 Å². The van der Waals surface area contributed by atoms with Gasteiger partial charge in [-0.3, -0.25) is 4.79 Å². The van der Waals surface area contributed by atoms with Crippen LogP contribution in [0.5, 0.6) is 0 Å². The van der Waals surface area contributed by atoms with Gasteiger partial charge in [-0.1, -0.05) is 12.2 Å². The second kappa shape index (κ2) is 5.03. The quantitative estimate of drug-likeness (QED) is 0.694. The average Bonchev–Trinajstić information content (AvgIpc) is 2.19. The zero-order valence-electron chi connectivity index (χ0n) is 7.40. The summed E-state index contributed by atoms with van der Waals surface area (Å²) in [5.41, 5.74) is 0. The summed E-state index contributed by atoms with van der Waals surface area (Å²) in [6.07, 6.45) is 6.79. The molecule has 0 unspecified atom stereocenters. The van der Waals surface area contributed by atoms with E-state index in [1.54, 1.807) is 6.07 Å². The molecule has 1 amide bonds. The van der Waals surface area contributed by atoms with E-state index in [0.29, 0.717) is 6.54 Å². The molecular formula is C9H11N3O. The molecule has 0 aromatic carbocycles. The summed E-state index contributed by atoms with van der Waals surface area (Å²) in [6, 6.07) is 1.67. The smallest absolute Gasteiger partial charge is 0.289 e. The molecule has 1 heterocycles. The molecule has 0 atom stereocenters. The highest BCUT2D eigenvalue weighted by Gasteiger charge is 2.04. The predicted molar refractivity (Wildman–Crippen MR) is 49.2 cm³/mol. The molecule has 0 aliphatic carbocycles. The third kappa shape index (κ3) is 3.02. The van der Waals surface area contributed by atoms with E-state index in [4.69, 9.17) is 0 Å². The molecular weight excluding hydrogens is 166 g/mol. The summed E-state index contributed by atoms with van der Waals surface area (Å²) in [6.45, 7) is 2.40. The monoisotopic (exact) mass is 177 g/mol. The molecule has 0 saturated carbocycles. The Kier molecular flexibility index (Phi) is 3.63. The number of aromatic nitrogens is 2. The highest BCUT2D eigenvalue weighted by molar-refractivity contribution is 5.90. The van der Waals surface area contributed by atoms with Crippen LogP contribution in [0.15, 0.2) is 30.6 Å². The Morgan fingerprint density at radius 2 is 2.23 bits per heavy atom. The summed E-state index contributed by atoms with van der Waals surface area (Å²) in [5.74, 6) is -0.0503. The molecule has 4 nitrogen and oxygen atoms in total. The lowest BCUT2D eigenvalue weighted by Gasteiger charge is -1.98. The number of carbonyl (C=O) groups excluding carboxylic acids is 1. The van der Waals surface area contributed by atoms with Crippen molar-refractivity contribution in [1.82, 2.24) is 15.3 Å². The Labute approximate surface area is 76.7 Å². The predicted octanol–water partition coefficient (Wildman–Crippen LogP) is 0.782. The summed E-state index contributed by atoms with van der Waals surface area (Å²) in [7, 11) is 0. The second-order valence-corrected chi connectivity index (χ2v) is 2.35. The standard InChI is InChI=1S/C9H11N3O/c1-2-3-5-12-9(13)8-10-6-4-7-11-8/h2-4,6-7H,5H2,1H3,(H,12,13)/b3-2+. The van der Waals surface area contributed by atoms with Crippen LogP contribution in [0.2, 0.25) is 0 Å². The summed E-state index contributed by atoms with van der Waals surface area (Å²) < 4.78 is 0. The molecule has 4 heteroatoms. The third-order valence-corrected chi connectivity index (χ3v) is 1.39. The third-order valence-electron chi connectivity index (χ3n) is 1.39. The number of nitrogens with zero attached hydrogens (tertiary/aromatic N) is 2. The lowest BCUT2D eigenvalue weighted by molar-refractivity contribution is 0.0947. The van der Waals surface area contributed by atoms with Crippen LogP contribution < -0.4 is 5.32 Å². The van der Waals surface area contributed by atoms with E-state index in [0.717, 1.165) is 0 Å². The highest BCUT2D eigenvalue weighted by atomic mass is 16.2. The van der Waals surface area contributed by atoms with Gasteiger partial charge in [0.2, 0.25) is 5.82 Å². The first-order chi connectivity index (χ1) is 6.34. The first-order valence-corrected chi connectivity index (χ1v) is 4.01. The largest absolute Gasteiger partial charge is 0.346 e. The second-order valence-electron chi connectivity index (χ2n) is 2.35. The summed E-state index contributed by atoms with van der Waals surface area (Å²) in [4.78, 5) is 18.9. The van der Waals surface area contributed by atoms with Crippen molar-refractivity contribution >= 4 is 5.91 Å². The Bertz CT molecular complexity index is 295. The van der Waals surface area contributed by atoms with Gasteiger partial charge in [0, 0.05) is 18.9 Å². The lowest BCUT2D eigenvalue weighted by Crippen LogP contribution is -2.25. The molecule has 1 aromatic heterocycles. The molecule has 13 heavy (non-hydrogen) atoms. The van der Waals surface area contributed by atoms with Crippen LogP contribution >= 0.6 is 0 Å². The Morgan fingerprint density at radius 1 is 1.54 bits per heavy atom. The molecule has 1 N–H and O–H groups in total. The number of rotatable bonds is 3. The fourth-order valence-electron chi connectivity index (χ4n) is 0.765. The van der Waals surface area contributed by atoms with Crippen LogP contribution in [0.3, 0.4) is 0 Å². The van der Waals surface area contributed by atoms with Gasteiger partial charge in [0.1, 0.15) is 0 Å². The number of carbonyl (C=O) groups is 1. The minimum atomic E-state index is -0.251.